The van der Waals surface area contributed by atoms with E-state index in [2.05, 4.69) is 0 Å². The third-order valence-corrected chi connectivity index (χ3v) is 7.24. The number of hydrogen-bond donors (Lipinski definition) is 0. The third kappa shape index (κ3) is 4.18. The molecule has 0 spiro atoms. The van der Waals surface area contributed by atoms with Crippen LogP contribution in [0.25, 0.3) is 0 Å². The van der Waals surface area contributed by atoms with E-state index in [1.165, 1.54) is 22.5 Å². The minimum Gasteiger partial charge on any atom is -0.339 e. The number of rotatable bonds is 3. The fraction of sp³-hybridized carbons (Fsp3) is 0.611. The van der Waals surface area contributed by atoms with Crippen LogP contribution in [-0.4, -0.2) is 49.7 Å². The molecule has 0 saturated carbocycles. The van der Waals surface area contributed by atoms with Crippen molar-refractivity contribution in [3.63, 3.8) is 0 Å². The predicted molar refractivity (Wildman–Crippen MR) is 98.4 cm³/mol. The molecular weight excluding hydrogens is 360 g/mol. The lowest BCUT2D eigenvalue weighted by Crippen LogP contribution is -2.36. The first kappa shape index (κ1) is 18.7. The van der Waals surface area contributed by atoms with E-state index in [9.17, 15) is 13.2 Å². The van der Waals surface area contributed by atoms with Gasteiger partial charge in [-0.2, -0.15) is 4.31 Å². The SMILES string of the molecule is O=C(c1cc(S(=O)(=O)N2CCCCC2)ccc1Cl)N1CCCCCC1. The van der Waals surface area contributed by atoms with Crippen molar-refractivity contribution in [1.82, 2.24) is 9.21 Å². The Balaban J connectivity index is 1.88. The highest BCUT2D eigenvalue weighted by Gasteiger charge is 2.28. The van der Waals surface area contributed by atoms with Crippen LogP contribution in [0.2, 0.25) is 5.02 Å². The van der Waals surface area contributed by atoms with Crippen molar-refractivity contribution in [2.45, 2.75) is 49.8 Å². The predicted octanol–water partition coefficient (Wildman–Crippen LogP) is 3.53. The summed E-state index contributed by atoms with van der Waals surface area (Å²) in [7, 11) is -3.57. The average Bonchev–Trinajstić information content (AvgIpc) is 2.91. The first-order valence-corrected chi connectivity index (χ1v) is 10.9. The summed E-state index contributed by atoms with van der Waals surface area (Å²) >= 11 is 6.23. The number of amides is 1. The topological polar surface area (TPSA) is 57.7 Å². The first-order valence-electron chi connectivity index (χ1n) is 9.09. The lowest BCUT2D eigenvalue weighted by Gasteiger charge is -2.26. The van der Waals surface area contributed by atoms with Crippen LogP contribution < -0.4 is 0 Å². The van der Waals surface area contributed by atoms with Gasteiger partial charge in [0.1, 0.15) is 0 Å². The van der Waals surface area contributed by atoms with Crippen LogP contribution in [0.1, 0.15) is 55.3 Å². The highest BCUT2D eigenvalue weighted by Crippen LogP contribution is 2.26. The van der Waals surface area contributed by atoms with Gasteiger partial charge in [-0.15, -0.1) is 0 Å². The van der Waals surface area contributed by atoms with Crippen LogP contribution in [0.5, 0.6) is 0 Å². The lowest BCUT2D eigenvalue weighted by atomic mass is 10.2. The molecule has 2 fully saturated rings. The van der Waals surface area contributed by atoms with Gasteiger partial charge in [-0.3, -0.25) is 4.79 Å². The summed E-state index contributed by atoms with van der Waals surface area (Å²) in [6, 6.07) is 4.49. The Morgan fingerprint density at radius 1 is 0.880 bits per heavy atom. The number of halogens is 1. The van der Waals surface area contributed by atoms with E-state index in [4.69, 9.17) is 11.6 Å². The standard InChI is InChI=1S/C18H25ClN2O3S/c19-17-9-8-15(25(23,24)21-12-6-3-7-13-21)14-16(17)18(22)20-10-4-1-2-5-11-20/h8-9,14H,1-7,10-13H2. The van der Waals surface area contributed by atoms with Crippen LogP contribution in [0.15, 0.2) is 23.1 Å². The van der Waals surface area contributed by atoms with Gasteiger partial charge in [0, 0.05) is 26.2 Å². The quantitative estimate of drug-likeness (QED) is 0.800. The summed E-state index contributed by atoms with van der Waals surface area (Å²) in [5, 5.41) is 0.312. The molecular formula is C18H25ClN2O3S. The molecule has 2 aliphatic heterocycles. The number of hydrogen-bond acceptors (Lipinski definition) is 3. The fourth-order valence-corrected chi connectivity index (χ4v) is 5.27. The average molecular weight is 385 g/mol. The highest BCUT2D eigenvalue weighted by molar-refractivity contribution is 7.89. The van der Waals surface area contributed by atoms with Gasteiger partial charge in [-0.05, 0) is 43.9 Å². The van der Waals surface area contributed by atoms with Gasteiger partial charge in [0.05, 0.1) is 15.5 Å². The molecule has 0 aliphatic carbocycles. The molecule has 0 atom stereocenters. The Bertz CT molecular complexity index is 722. The maximum atomic E-state index is 12.9. The van der Waals surface area contributed by atoms with Crippen LogP contribution >= 0.6 is 11.6 Å². The molecule has 7 heteroatoms. The molecule has 2 saturated heterocycles. The van der Waals surface area contributed by atoms with Crippen molar-refractivity contribution >= 4 is 27.5 Å². The van der Waals surface area contributed by atoms with Crippen molar-refractivity contribution in [2.75, 3.05) is 26.2 Å². The monoisotopic (exact) mass is 384 g/mol. The molecule has 3 rings (SSSR count). The zero-order chi connectivity index (χ0) is 17.9. The Kier molecular flexibility index (Phi) is 6.02. The van der Waals surface area contributed by atoms with Crippen LogP contribution in [0.3, 0.4) is 0 Å². The third-order valence-electron chi connectivity index (χ3n) is 5.01. The zero-order valence-electron chi connectivity index (χ0n) is 14.4. The summed E-state index contributed by atoms with van der Waals surface area (Å²) in [5.41, 5.74) is 0.293. The summed E-state index contributed by atoms with van der Waals surface area (Å²) in [6.45, 7) is 2.50. The minimum atomic E-state index is -3.57. The van der Waals surface area contributed by atoms with E-state index < -0.39 is 10.0 Å². The number of nitrogens with zero attached hydrogens (tertiary/aromatic N) is 2. The molecule has 1 amide bonds. The number of piperidine rings is 1. The van der Waals surface area contributed by atoms with E-state index >= 15 is 0 Å². The van der Waals surface area contributed by atoms with Gasteiger partial charge in [0.25, 0.3) is 5.91 Å². The molecule has 5 nitrogen and oxygen atoms in total. The van der Waals surface area contributed by atoms with Gasteiger partial charge in [0.2, 0.25) is 10.0 Å². The second kappa shape index (κ2) is 8.06. The van der Waals surface area contributed by atoms with Gasteiger partial charge in [-0.25, -0.2) is 8.42 Å². The Hall–Kier alpha value is -1.11. The number of likely N-dealkylation sites (tertiary alicyclic amines) is 1. The van der Waals surface area contributed by atoms with E-state index in [-0.39, 0.29) is 10.8 Å². The molecule has 0 unspecified atom stereocenters. The maximum absolute atomic E-state index is 12.9. The Morgan fingerprint density at radius 3 is 2.08 bits per heavy atom. The van der Waals surface area contributed by atoms with Crippen molar-refractivity contribution in [3.05, 3.63) is 28.8 Å². The molecule has 0 bridgehead atoms. The van der Waals surface area contributed by atoms with Crippen molar-refractivity contribution in [1.29, 1.82) is 0 Å². The van der Waals surface area contributed by atoms with Gasteiger partial charge >= 0.3 is 0 Å². The molecule has 1 aromatic carbocycles. The number of sulfonamides is 1. The first-order chi connectivity index (χ1) is 12.0. The molecule has 1 aromatic rings. The number of carbonyl (C=O) groups is 1. The fourth-order valence-electron chi connectivity index (χ4n) is 3.53. The number of benzene rings is 1. The summed E-state index contributed by atoms with van der Waals surface area (Å²) < 4.78 is 27.2. The highest BCUT2D eigenvalue weighted by atomic mass is 35.5. The van der Waals surface area contributed by atoms with Crippen molar-refractivity contribution in [3.8, 4) is 0 Å². The zero-order valence-corrected chi connectivity index (χ0v) is 16.0. The molecule has 0 N–H and O–H groups in total. The second-order valence-electron chi connectivity index (χ2n) is 6.81. The normalized spacial score (nSPS) is 20.3. The van der Waals surface area contributed by atoms with E-state index in [1.807, 2.05) is 0 Å². The van der Waals surface area contributed by atoms with Gasteiger partial charge in [-0.1, -0.05) is 30.9 Å². The van der Waals surface area contributed by atoms with Crippen molar-refractivity contribution < 1.29 is 13.2 Å². The van der Waals surface area contributed by atoms with E-state index in [1.54, 1.807) is 4.90 Å². The Morgan fingerprint density at radius 2 is 1.44 bits per heavy atom. The molecule has 2 heterocycles. The lowest BCUT2D eigenvalue weighted by molar-refractivity contribution is 0.0761. The number of carbonyl (C=O) groups excluding carboxylic acids is 1. The molecule has 25 heavy (non-hydrogen) atoms. The summed E-state index contributed by atoms with van der Waals surface area (Å²) in [6.07, 6.45) is 7.04. The summed E-state index contributed by atoms with van der Waals surface area (Å²) in [4.78, 5) is 14.8. The molecule has 0 radical (unpaired) electrons. The van der Waals surface area contributed by atoms with E-state index in [0.29, 0.717) is 36.8 Å². The minimum absolute atomic E-state index is 0.164. The molecule has 0 aromatic heterocycles. The smallest absolute Gasteiger partial charge is 0.255 e. The van der Waals surface area contributed by atoms with Crippen LogP contribution in [-0.2, 0) is 10.0 Å². The van der Waals surface area contributed by atoms with E-state index in [0.717, 1.165) is 44.9 Å². The van der Waals surface area contributed by atoms with Crippen molar-refractivity contribution in [2.24, 2.45) is 0 Å². The maximum Gasteiger partial charge on any atom is 0.255 e. The Labute approximate surface area is 155 Å². The van der Waals surface area contributed by atoms with Crippen LogP contribution in [0, 0.1) is 0 Å². The largest absolute Gasteiger partial charge is 0.339 e. The second-order valence-corrected chi connectivity index (χ2v) is 9.16. The summed E-state index contributed by atoms with van der Waals surface area (Å²) in [5.74, 6) is -0.164. The molecule has 2 aliphatic rings. The molecule has 138 valence electrons. The van der Waals surface area contributed by atoms with Gasteiger partial charge < -0.3 is 4.90 Å². The van der Waals surface area contributed by atoms with Crippen LogP contribution in [0.4, 0.5) is 0 Å². The van der Waals surface area contributed by atoms with Gasteiger partial charge in [0.15, 0.2) is 0 Å².